The smallest absolute Gasteiger partial charge is 0.231 e. The predicted octanol–water partition coefficient (Wildman–Crippen LogP) is 4.04. The van der Waals surface area contributed by atoms with Crippen LogP contribution in [0.2, 0.25) is 0 Å². The second-order valence-electron chi connectivity index (χ2n) is 9.08. The zero-order valence-corrected chi connectivity index (χ0v) is 20.4. The lowest BCUT2D eigenvalue weighted by atomic mass is 9.66. The van der Waals surface area contributed by atoms with Crippen LogP contribution in [-0.4, -0.2) is 52.1 Å². The van der Waals surface area contributed by atoms with Gasteiger partial charge in [-0.2, -0.15) is 5.10 Å². The fraction of sp³-hybridized carbons (Fsp3) is 0.321. The summed E-state index contributed by atoms with van der Waals surface area (Å²) in [5.74, 6) is 2.79. The standard InChI is InChI=1S/C28H28N2O6/c1-32-24-9-16(10-25(33-2)28(24)34-3)26-18-11-22-23(36-15-35-22)12-19(18)27-20(21(26)14-31)13-30(29-27)17-7-5-4-6-8-17/h4-12,20-21,26,31H,13-15H2,1-3H3/t20-,21-,26+/m0/s1. The number of aliphatic hydroxyl groups is 1. The first-order valence-electron chi connectivity index (χ1n) is 11.9. The van der Waals surface area contributed by atoms with Gasteiger partial charge in [0, 0.05) is 29.9 Å². The van der Waals surface area contributed by atoms with Gasteiger partial charge in [0.1, 0.15) is 0 Å². The van der Waals surface area contributed by atoms with E-state index in [0.29, 0.717) is 35.3 Å². The average molecular weight is 489 g/mol. The molecule has 36 heavy (non-hydrogen) atoms. The van der Waals surface area contributed by atoms with Crippen LogP contribution in [-0.2, 0) is 0 Å². The molecule has 8 heteroatoms. The third-order valence-electron chi connectivity index (χ3n) is 7.36. The molecule has 2 heterocycles. The van der Waals surface area contributed by atoms with Gasteiger partial charge < -0.3 is 28.8 Å². The second kappa shape index (κ2) is 8.95. The molecule has 186 valence electrons. The van der Waals surface area contributed by atoms with Crippen LogP contribution in [0.15, 0.2) is 59.7 Å². The first-order chi connectivity index (χ1) is 17.7. The van der Waals surface area contributed by atoms with Gasteiger partial charge in [0.15, 0.2) is 23.0 Å². The number of nitrogens with zero attached hydrogens (tertiary/aromatic N) is 2. The maximum atomic E-state index is 10.8. The van der Waals surface area contributed by atoms with E-state index in [-0.39, 0.29) is 31.2 Å². The van der Waals surface area contributed by atoms with Crippen LogP contribution in [0, 0.1) is 11.8 Å². The topological polar surface area (TPSA) is 82.0 Å². The van der Waals surface area contributed by atoms with Gasteiger partial charge in [-0.3, -0.25) is 5.01 Å². The van der Waals surface area contributed by atoms with E-state index in [1.807, 2.05) is 59.6 Å². The number of fused-ring (bicyclic) bond motifs is 4. The summed E-state index contributed by atoms with van der Waals surface area (Å²) in [6.07, 6.45) is 0. The molecule has 6 rings (SSSR count). The van der Waals surface area contributed by atoms with Gasteiger partial charge in [0.25, 0.3) is 0 Å². The lowest BCUT2D eigenvalue weighted by Crippen LogP contribution is -2.38. The molecule has 0 saturated heterocycles. The minimum atomic E-state index is -0.159. The van der Waals surface area contributed by atoms with Crippen LogP contribution >= 0.6 is 0 Å². The van der Waals surface area contributed by atoms with E-state index in [9.17, 15) is 5.11 Å². The first kappa shape index (κ1) is 22.5. The molecule has 3 aromatic carbocycles. The van der Waals surface area contributed by atoms with Crippen molar-refractivity contribution in [3.05, 3.63) is 71.3 Å². The maximum Gasteiger partial charge on any atom is 0.231 e. The molecule has 0 unspecified atom stereocenters. The third kappa shape index (κ3) is 3.44. The van der Waals surface area contributed by atoms with Crippen LogP contribution < -0.4 is 28.7 Å². The predicted molar refractivity (Wildman–Crippen MR) is 135 cm³/mol. The molecule has 1 aliphatic carbocycles. The Morgan fingerprint density at radius 2 is 1.64 bits per heavy atom. The summed E-state index contributed by atoms with van der Waals surface area (Å²) in [4.78, 5) is 0. The van der Waals surface area contributed by atoms with Crippen LogP contribution in [0.5, 0.6) is 28.7 Å². The summed E-state index contributed by atoms with van der Waals surface area (Å²) in [7, 11) is 4.81. The molecule has 0 radical (unpaired) electrons. The maximum absolute atomic E-state index is 10.8. The Morgan fingerprint density at radius 3 is 2.28 bits per heavy atom. The zero-order chi connectivity index (χ0) is 24.8. The number of hydrogen-bond acceptors (Lipinski definition) is 8. The Bertz CT molecular complexity index is 1300. The SMILES string of the molecule is COc1cc([C@@H]2c3cc4c(cc3C3=NN(c5ccccc5)C[C@H]3[C@@H]2CO)OCO4)cc(OC)c1OC. The first-order valence-corrected chi connectivity index (χ1v) is 11.9. The molecule has 0 fully saturated rings. The minimum absolute atomic E-state index is 0.00664. The van der Waals surface area contributed by atoms with Gasteiger partial charge in [-0.1, -0.05) is 18.2 Å². The van der Waals surface area contributed by atoms with E-state index >= 15 is 0 Å². The number of ether oxygens (including phenoxy) is 5. The van der Waals surface area contributed by atoms with E-state index in [0.717, 1.165) is 28.1 Å². The molecule has 1 N–H and O–H groups in total. The van der Waals surface area contributed by atoms with Gasteiger partial charge in [-0.05, 0) is 47.5 Å². The van der Waals surface area contributed by atoms with E-state index in [4.69, 9.17) is 28.8 Å². The van der Waals surface area contributed by atoms with Crippen molar-refractivity contribution in [3.63, 3.8) is 0 Å². The van der Waals surface area contributed by atoms with Crippen molar-refractivity contribution in [2.75, 3.05) is 46.3 Å². The normalized spacial score (nSPS) is 21.5. The minimum Gasteiger partial charge on any atom is -0.493 e. The number of aliphatic hydroxyl groups excluding tert-OH is 1. The van der Waals surface area contributed by atoms with Crippen molar-refractivity contribution in [1.82, 2.24) is 0 Å². The molecular formula is C28H28N2O6. The van der Waals surface area contributed by atoms with Crippen LogP contribution in [0.25, 0.3) is 0 Å². The van der Waals surface area contributed by atoms with Crippen LogP contribution in [0.4, 0.5) is 5.69 Å². The third-order valence-corrected chi connectivity index (χ3v) is 7.36. The number of rotatable bonds is 6. The fourth-order valence-electron chi connectivity index (χ4n) is 5.71. The Labute approximate surface area is 209 Å². The number of benzene rings is 3. The molecule has 3 aromatic rings. The number of methoxy groups -OCH3 is 3. The van der Waals surface area contributed by atoms with Crippen LogP contribution in [0.1, 0.15) is 22.6 Å². The largest absolute Gasteiger partial charge is 0.493 e. The number of para-hydroxylation sites is 1. The van der Waals surface area contributed by atoms with Gasteiger partial charge in [0.05, 0.1) is 39.3 Å². The number of hydrazone groups is 1. The van der Waals surface area contributed by atoms with E-state index in [2.05, 4.69) is 0 Å². The molecular weight excluding hydrogens is 460 g/mol. The van der Waals surface area contributed by atoms with Gasteiger partial charge >= 0.3 is 0 Å². The Kier molecular flexibility index (Phi) is 5.60. The van der Waals surface area contributed by atoms with Crippen LogP contribution in [0.3, 0.4) is 0 Å². The molecule has 0 bridgehead atoms. The molecule has 0 aromatic heterocycles. The van der Waals surface area contributed by atoms with Crippen molar-refractivity contribution in [2.45, 2.75) is 5.92 Å². The summed E-state index contributed by atoms with van der Waals surface area (Å²) < 4.78 is 28.3. The lowest BCUT2D eigenvalue weighted by Gasteiger charge is -2.38. The lowest BCUT2D eigenvalue weighted by molar-refractivity contribution is 0.173. The van der Waals surface area contributed by atoms with Crippen molar-refractivity contribution in [2.24, 2.45) is 16.9 Å². The molecule has 0 spiro atoms. The highest BCUT2D eigenvalue weighted by atomic mass is 16.7. The quantitative estimate of drug-likeness (QED) is 0.561. The van der Waals surface area contributed by atoms with E-state index in [1.165, 1.54) is 0 Å². The average Bonchev–Trinajstić information content (AvgIpc) is 3.58. The monoisotopic (exact) mass is 488 g/mol. The molecule has 8 nitrogen and oxygen atoms in total. The molecule has 3 aliphatic rings. The number of anilines is 1. The Hall–Kier alpha value is -3.91. The molecule has 0 amide bonds. The number of hydrogen-bond donors (Lipinski definition) is 1. The highest BCUT2D eigenvalue weighted by Gasteiger charge is 2.46. The summed E-state index contributed by atoms with van der Waals surface area (Å²) >= 11 is 0. The van der Waals surface area contributed by atoms with Crippen molar-refractivity contribution >= 4 is 11.4 Å². The Morgan fingerprint density at radius 1 is 0.944 bits per heavy atom. The van der Waals surface area contributed by atoms with Gasteiger partial charge in [-0.25, -0.2) is 0 Å². The highest BCUT2D eigenvalue weighted by molar-refractivity contribution is 6.07. The Balaban J connectivity index is 1.54. The van der Waals surface area contributed by atoms with Gasteiger partial charge in [-0.15, -0.1) is 0 Å². The zero-order valence-electron chi connectivity index (χ0n) is 20.4. The second-order valence-corrected chi connectivity index (χ2v) is 9.08. The summed E-state index contributed by atoms with van der Waals surface area (Å²) in [6.45, 7) is 0.837. The molecule has 3 atom stereocenters. The van der Waals surface area contributed by atoms with Crippen molar-refractivity contribution in [1.29, 1.82) is 0 Å². The summed E-state index contributed by atoms with van der Waals surface area (Å²) in [5.41, 5.74) is 4.96. The summed E-state index contributed by atoms with van der Waals surface area (Å²) in [6, 6.07) is 18.1. The highest BCUT2D eigenvalue weighted by Crippen LogP contribution is 2.52. The van der Waals surface area contributed by atoms with Crippen molar-refractivity contribution < 1.29 is 28.8 Å². The molecule has 0 saturated carbocycles. The fourth-order valence-corrected chi connectivity index (χ4v) is 5.71. The van der Waals surface area contributed by atoms with E-state index < -0.39 is 0 Å². The van der Waals surface area contributed by atoms with E-state index in [1.54, 1.807) is 21.3 Å². The summed E-state index contributed by atoms with van der Waals surface area (Å²) in [5, 5.41) is 17.8. The van der Waals surface area contributed by atoms with Gasteiger partial charge in [0.2, 0.25) is 12.5 Å². The molecule has 2 aliphatic heterocycles. The van der Waals surface area contributed by atoms with Crippen molar-refractivity contribution in [3.8, 4) is 28.7 Å².